The van der Waals surface area contributed by atoms with Gasteiger partial charge in [-0.3, -0.25) is 4.68 Å². The van der Waals surface area contributed by atoms with Gasteiger partial charge in [0.15, 0.2) is 0 Å². The van der Waals surface area contributed by atoms with E-state index in [1.807, 2.05) is 44.2 Å². The molecule has 0 bridgehead atoms. The van der Waals surface area contributed by atoms with E-state index >= 15 is 0 Å². The molecule has 4 rings (SSSR count). The summed E-state index contributed by atoms with van der Waals surface area (Å²) in [6, 6.07) is 4.63. The highest BCUT2D eigenvalue weighted by molar-refractivity contribution is 9.10. The van der Waals surface area contributed by atoms with Crippen LogP contribution in [-0.2, 0) is 22.4 Å². The van der Waals surface area contributed by atoms with Crippen LogP contribution in [0.2, 0.25) is 0 Å². The summed E-state index contributed by atoms with van der Waals surface area (Å²) in [6.07, 6.45) is 3.39. The Labute approximate surface area is 215 Å². The second-order valence-electron chi connectivity index (χ2n) is 10.3. The van der Waals surface area contributed by atoms with Crippen LogP contribution in [0.1, 0.15) is 57.1 Å². The molecule has 2 heterocycles. The average Bonchev–Trinajstić information content (AvgIpc) is 3.48. The molecule has 1 aliphatic rings. The van der Waals surface area contributed by atoms with E-state index in [-0.39, 0.29) is 12.1 Å². The quantitative estimate of drug-likeness (QED) is 0.304. The summed E-state index contributed by atoms with van der Waals surface area (Å²) in [7, 11) is 1.71. The largest absolute Gasteiger partial charge is 0.444 e. The maximum absolute atomic E-state index is 12.9. The summed E-state index contributed by atoms with van der Waals surface area (Å²) in [6.45, 7) is 11.6. The molecule has 0 N–H and O–H groups in total. The molecular formula is C26H35BrN4O4. The number of amides is 1. The molecule has 2 aromatic heterocycles. The Balaban J connectivity index is 1.70. The summed E-state index contributed by atoms with van der Waals surface area (Å²) in [5.74, 6) is 0.772. The first-order valence-corrected chi connectivity index (χ1v) is 13.0. The lowest BCUT2D eigenvalue weighted by atomic mass is 9.96. The molecule has 0 radical (unpaired) electrons. The molecular weight excluding hydrogens is 512 g/mol. The van der Waals surface area contributed by atoms with Gasteiger partial charge in [0.2, 0.25) is 0 Å². The Morgan fingerprint density at radius 1 is 1.29 bits per heavy atom. The van der Waals surface area contributed by atoms with Crippen molar-refractivity contribution in [3.8, 4) is 11.1 Å². The van der Waals surface area contributed by atoms with Crippen LogP contribution in [0.15, 0.2) is 21.3 Å². The molecule has 9 heteroatoms. The van der Waals surface area contributed by atoms with Gasteiger partial charge >= 0.3 is 6.09 Å². The highest BCUT2D eigenvalue weighted by atomic mass is 79.9. The third-order valence-corrected chi connectivity index (χ3v) is 6.70. The summed E-state index contributed by atoms with van der Waals surface area (Å²) >= 11 is 3.69. The van der Waals surface area contributed by atoms with Crippen LogP contribution in [0, 0.1) is 13.8 Å². The lowest BCUT2D eigenvalue weighted by Gasteiger charge is -2.27. The molecule has 1 saturated carbocycles. The third-order valence-electron chi connectivity index (χ3n) is 6.15. The van der Waals surface area contributed by atoms with Crippen LogP contribution in [0.4, 0.5) is 4.79 Å². The number of halogens is 1. The molecule has 0 unspecified atom stereocenters. The minimum atomic E-state index is -0.513. The smallest absolute Gasteiger partial charge is 0.410 e. The van der Waals surface area contributed by atoms with Gasteiger partial charge in [0.25, 0.3) is 0 Å². The number of hydrogen-bond acceptors (Lipinski definition) is 6. The highest BCUT2D eigenvalue weighted by Crippen LogP contribution is 2.38. The SMILES string of the molecule is COCCCn1nc(Br)c2c(-c3c(C)noc3C)cc(CCN(C(=O)OC(C)(C)C)C3CC3)cc21. The summed E-state index contributed by atoms with van der Waals surface area (Å²) in [5, 5.41) is 10.00. The minimum absolute atomic E-state index is 0.237. The van der Waals surface area contributed by atoms with Gasteiger partial charge in [0.05, 0.1) is 11.2 Å². The molecule has 0 aliphatic heterocycles. The maximum atomic E-state index is 12.9. The molecule has 0 saturated heterocycles. The molecule has 190 valence electrons. The van der Waals surface area contributed by atoms with Crippen LogP contribution < -0.4 is 0 Å². The van der Waals surface area contributed by atoms with Crippen LogP contribution >= 0.6 is 15.9 Å². The van der Waals surface area contributed by atoms with Crippen LogP contribution in [0.25, 0.3) is 22.0 Å². The average molecular weight is 547 g/mol. The predicted molar refractivity (Wildman–Crippen MR) is 139 cm³/mol. The van der Waals surface area contributed by atoms with Gasteiger partial charge in [-0.15, -0.1) is 0 Å². The van der Waals surface area contributed by atoms with E-state index in [2.05, 4.69) is 33.2 Å². The molecule has 3 aromatic rings. The van der Waals surface area contributed by atoms with E-state index in [0.717, 1.165) is 69.5 Å². The van der Waals surface area contributed by atoms with Crippen molar-refractivity contribution in [2.75, 3.05) is 20.3 Å². The molecule has 1 fully saturated rings. The van der Waals surface area contributed by atoms with E-state index < -0.39 is 5.60 Å². The zero-order valence-electron chi connectivity index (χ0n) is 21.5. The number of rotatable bonds is 9. The van der Waals surface area contributed by atoms with Crippen molar-refractivity contribution in [1.29, 1.82) is 0 Å². The molecule has 1 amide bonds. The summed E-state index contributed by atoms with van der Waals surface area (Å²) in [5.41, 5.74) is 4.51. The zero-order chi connectivity index (χ0) is 25.3. The first-order chi connectivity index (χ1) is 16.6. The highest BCUT2D eigenvalue weighted by Gasteiger charge is 2.35. The Morgan fingerprint density at radius 2 is 2.03 bits per heavy atom. The lowest BCUT2D eigenvalue weighted by Crippen LogP contribution is -2.39. The van der Waals surface area contributed by atoms with Gasteiger partial charge in [-0.25, -0.2) is 4.79 Å². The van der Waals surface area contributed by atoms with Gasteiger partial charge in [0, 0.05) is 43.8 Å². The number of aryl methyl sites for hydroxylation is 3. The molecule has 0 atom stereocenters. The van der Waals surface area contributed by atoms with Crippen LogP contribution in [0.3, 0.4) is 0 Å². The molecule has 1 aromatic carbocycles. The Morgan fingerprint density at radius 3 is 2.63 bits per heavy atom. The van der Waals surface area contributed by atoms with Gasteiger partial charge in [-0.05, 0) is 93.4 Å². The van der Waals surface area contributed by atoms with Crippen molar-refractivity contribution in [3.63, 3.8) is 0 Å². The summed E-state index contributed by atoms with van der Waals surface area (Å²) < 4.78 is 19.3. The Hall–Kier alpha value is -2.39. The first-order valence-electron chi connectivity index (χ1n) is 12.2. The number of methoxy groups -OCH3 is 1. The van der Waals surface area contributed by atoms with Crippen molar-refractivity contribution >= 4 is 32.9 Å². The number of ether oxygens (including phenoxy) is 2. The van der Waals surface area contributed by atoms with Gasteiger partial charge in [0.1, 0.15) is 16.0 Å². The number of aromatic nitrogens is 3. The number of fused-ring (bicyclic) bond motifs is 1. The number of carbonyl (C=O) groups is 1. The van der Waals surface area contributed by atoms with E-state index in [1.54, 1.807) is 7.11 Å². The van der Waals surface area contributed by atoms with Crippen molar-refractivity contribution in [2.45, 2.75) is 78.5 Å². The van der Waals surface area contributed by atoms with Gasteiger partial charge < -0.3 is 18.9 Å². The maximum Gasteiger partial charge on any atom is 0.410 e. The number of hydrogen-bond donors (Lipinski definition) is 0. The van der Waals surface area contributed by atoms with Gasteiger partial charge in [-0.1, -0.05) is 11.2 Å². The fourth-order valence-electron chi connectivity index (χ4n) is 4.43. The third kappa shape index (κ3) is 5.89. The van der Waals surface area contributed by atoms with Crippen LogP contribution in [-0.4, -0.2) is 57.8 Å². The molecule has 8 nitrogen and oxygen atoms in total. The topological polar surface area (TPSA) is 82.6 Å². The zero-order valence-corrected chi connectivity index (χ0v) is 23.1. The van der Waals surface area contributed by atoms with E-state index in [9.17, 15) is 4.79 Å². The van der Waals surface area contributed by atoms with Crippen molar-refractivity contribution in [2.24, 2.45) is 0 Å². The van der Waals surface area contributed by atoms with Crippen LogP contribution in [0.5, 0.6) is 0 Å². The van der Waals surface area contributed by atoms with Crippen molar-refractivity contribution in [1.82, 2.24) is 19.8 Å². The molecule has 1 aliphatic carbocycles. The lowest BCUT2D eigenvalue weighted by molar-refractivity contribution is 0.0236. The second-order valence-corrected chi connectivity index (χ2v) is 11.0. The van der Waals surface area contributed by atoms with E-state index in [4.69, 9.17) is 19.1 Å². The number of nitrogens with zero attached hydrogens (tertiary/aromatic N) is 4. The van der Waals surface area contributed by atoms with Crippen molar-refractivity contribution in [3.05, 3.63) is 33.8 Å². The monoisotopic (exact) mass is 546 g/mol. The number of carbonyl (C=O) groups excluding carboxylic acids is 1. The minimum Gasteiger partial charge on any atom is -0.444 e. The van der Waals surface area contributed by atoms with E-state index in [0.29, 0.717) is 19.6 Å². The van der Waals surface area contributed by atoms with Gasteiger partial charge in [-0.2, -0.15) is 5.10 Å². The standard InChI is InChI=1S/C26H35BrN4O4/c1-16-22(17(2)35-29-16)20-14-18(10-12-30(19-8-9-19)25(32)34-26(3,4)5)15-21-23(20)24(27)28-31(21)11-7-13-33-6/h14-15,19H,7-13H2,1-6H3. The fraction of sp³-hybridized carbons (Fsp3) is 0.577. The predicted octanol–water partition coefficient (Wildman–Crippen LogP) is 6.05. The molecule has 0 spiro atoms. The second kappa shape index (κ2) is 10.3. The van der Waals surface area contributed by atoms with Crippen molar-refractivity contribution < 1.29 is 18.8 Å². The fourth-order valence-corrected chi connectivity index (χ4v) is 5.04. The first kappa shape index (κ1) is 25.7. The summed E-state index contributed by atoms with van der Waals surface area (Å²) in [4.78, 5) is 14.8. The Kier molecular flexibility index (Phi) is 7.57. The van der Waals surface area contributed by atoms with E-state index in [1.165, 1.54) is 0 Å². The Bertz CT molecular complexity index is 1190. The number of benzene rings is 1. The molecule has 35 heavy (non-hydrogen) atoms. The normalized spacial score (nSPS) is 14.0.